The first-order valence-corrected chi connectivity index (χ1v) is 10.4. The van der Waals surface area contributed by atoms with Crippen LogP contribution < -0.4 is 10.9 Å². The summed E-state index contributed by atoms with van der Waals surface area (Å²) in [7, 11) is 5.20. The Kier molecular flexibility index (Phi) is 4.79. The van der Waals surface area contributed by atoms with Gasteiger partial charge in [-0.2, -0.15) is 30.8 Å². The molecule has 0 aliphatic rings. The van der Waals surface area contributed by atoms with Gasteiger partial charge < -0.3 is 0 Å². The van der Waals surface area contributed by atoms with Gasteiger partial charge in [-0.3, -0.25) is 0 Å². The zero-order valence-corrected chi connectivity index (χ0v) is 18.2. The Bertz CT molecular complexity index is 1180. The van der Waals surface area contributed by atoms with Crippen molar-refractivity contribution in [2.75, 3.05) is 0 Å². The summed E-state index contributed by atoms with van der Waals surface area (Å²) in [5.74, 6) is 0. The SMILES string of the molecule is Bc1ccc(C(C)(Bc2ccc(C(B)(C)CC)c3n[nH]nc23)CC)c2n[nH]nc12. The molecule has 9 heteroatoms. The van der Waals surface area contributed by atoms with Crippen molar-refractivity contribution in [3.8, 4) is 0 Å². The lowest BCUT2D eigenvalue weighted by Gasteiger charge is -2.29. The number of hydrogen-bond donors (Lipinski definition) is 2. The van der Waals surface area contributed by atoms with Crippen LogP contribution in [-0.2, 0) is 10.6 Å². The lowest BCUT2D eigenvalue weighted by molar-refractivity contribution is 0.646. The Labute approximate surface area is 173 Å². The van der Waals surface area contributed by atoms with Gasteiger partial charge >= 0.3 is 0 Å². The Balaban J connectivity index is 1.82. The highest BCUT2D eigenvalue weighted by Gasteiger charge is 2.32. The van der Waals surface area contributed by atoms with Gasteiger partial charge in [0, 0.05) is 0 Å². The van der Waals surface area contributed by atoms with E-state index in [1.807, 2.05) is 0 Å². The van der Waals surface area contributed by atoms with Crippen molar-refractivity contribution in [1.29, 1.82) is 0 Å². The van der Waals surface area contributed by atoms with Crippen LogP contribution in [0.15, 0.2) is 24.3 Å². The smallest absolute Gasteiger partial charge is 0.172 e. The first kappa shape index (κ1) is 19.7. The van der Waals surface area contributed by atoms with Gasteiger partial charge in [-0.25, -0.2) is 0 Å². The summed E-state index contributed by atoms with van der Waals surface area (Å²) < 4.78 is 0. The van der Waals surface area contributed by atoms with Gasteiger partial charge in [0.25, 0.3) is 0 Å². The average Bonchev–Trinajstić information content (AvgIpc) is 3.38. The molecular weight excluding hydrogens is 357 g/mol. The highest BCUT2D eigenvalue weighted by Crippen LogP contribution is 2.32. The second-order valence-electron chi connectivity index (χ2n) is 9.07. The summed E-state index contributed by atoms with van der Waals surface area (Å²) in [6.45, 7) is 9.02. The van der Waals surface area contributed by atoms with Crippen LogP contribution in [0, 0.1) is 0 Å². The third-order valence-electron chi connectivity index (χ3n) is 6.86. The molecule has 0 spiro atoms. The molecule has 0 saturated carbocycles. The third-order valence-corrected chi connectivity index (χ3v) is 6.86. The quantitative estimate of drug-likeness (QED) is 0.464. The number of H-pyrrole nitrogens is 2. The molecule has 4 aromatic rings. The molecule has 146 valence electrons. The number of hydrogen-bond acceptors (Lipinski definition) is 4. The number of benzene rings is 2. The Hall–Kier alpha value is -2.57. The van der Waals surface area contributed by atoms with E-state index in [4.69, 9.17) is 0 Å². The first-order valence-electron chi connectivity index (χ1n) is 10.4. The molecular formula is C20H27B3N6. The van der Waals surface area contributed by atoms with Crippen LogP contribution in [-0.4, -0.2) is 53.8 Å². The number of aromatic amines is 2. The van der Waals surface area contributed by atoms with Gasteiger partial charge in [0.1, 0.15) is 37.8 Å². The summed E-state index contributed by atoms with van der Waals surface area (Å²) in [5, 5.41) is 23.5. The molecule has 4 rings (SSSR count). The predicted octanol–water partition coefficient (Wildman–Crippen LogP) is 0.133. The summed E-state index contributed by atoms with van der Waals surface area (Å²) in [6, 6.07) is 8.82. The van der Waals surface area contributed by atoms with Crippen molar-refractivity contribution < 1.29 is 0 Å². The van der Waals surface area contributed by atoms with Crippen LogP contribution in [0.3, 0.4) is 0 Å². The summed E-state index contributed by atoms with van der Waals surface area (Å²) in [5.41, 5.74) is 8.72. The molecule has 2 aromatic carbocycles. The van der Waals surface area contributed by atoms with Crippen LogP contribution in [0.5, 0.6) is 0 Å². The van der Waals surface area contributed by atoms with Crippen LogP contribution in [0.4, 0.5) is 0 Å². The number of rotatable bonds is 6. The van der Waals surface area contributed by atoms with Gasteiger partial charge in [0.15, 0.2) is 7.28 Å². The average molecular weight is 384 g/mol. The summed E-state index contributed by atoms with van der Waals surface area (Å²) in [6.07, 6.45) is 2.04. The molecule has 2 atom stereocenters. The molecule has 0 saturated heterocycles. The number of nitrogens with zero attached hydrogens (tertiary/aromatic N) is 4. The maximum Gasteiger partial charge on any atom is 0.172 e. The molecule has 0 radical (unpaired) electrons. The zero-order valence-electron chi connectivity index (χ0n) is 18.2. The number of nitrogens with one attached hydrogen (secondary N) is 2. The van der Waals surface area contributed by atoms with E-state index in [9.17, 15) is 0 Å². The predicted molar refractivity (Wildman–Crippen MR) is 127 cm³/mol. The van der Waals surface area contributed by atoms with Crippen LogP contribution in [0.2, 0.25) is 0 Å². The molecule has 0 amide bonds. The molecule has 2 aromatic heterocycles. The first-order chi connectivity index (χ1) is 13.8. The van der Waals surface area contributed by atoms with Crippen LogP contribution >= 0.6 is 0 Å². The normalized spacial score (nSPS) is 16.0. The van der Waals surface area contributed by atoms with Gasteiger partial charge in [0.05, 0.1) is 0 Å². The van der Waals surface area contributed by atoms with Gasteiger partial charge in [-0.15, -0.1) is 0 Å². The molecule has 0 aliphatic carbocycles. The fraction of sp³-hybridized carbons (Fsp3) is 0.400. The van der Waals surface area contributed by atoms with Crippen molar-refractivity contribution in [3.05, 3.63) is 35.4 Å². The molecule has 0 aliphatic heterocycles. The van der Waals surface area contributed by atoms with Crippen LogP contribution in [0.25, 0.3) is 22.1 Å². The minimum atomic E-state index is -0.0868. The lowest BCUT2D eigenvalue weighted by Crippen LogP contribution is -2.38. The second-order valence-corrected chi connectivity index (χ2v) is 9.07. The lowest BCUT2D eigenvalue weighted by atomic mass is 9.45. The van der Waals surface area contributed by atoms with Gasteiger partial charge in [0.2, 0.25) is 0 Å². The van der Waals surface area contributed by atoms with E-state index in [2.05, 4.69) is 98.5 Å². The van der Waals surface area contributed by atoms with E-state index in [0.29, 0.717) is 0 Å². The molecule has 2 heterocycles. The fourth-order valence-corrected chi connectivity index (χ4v) is 4.24. The Morgan fingerprint density at radius 3 is 2.07 bits per heavy atom. The minimum Gasteiger partial charge on any atom is -0.197 e. The molecule has 0 bridgehead atoms. The van der Waals surface area contributed by atoms with Gasteiger partial charge in [-0.1, -0.05) is 75.7 Å². The highest BCUT2D eigenvalue weighted by atomic mass is 15.3. The van der Waals surface area contributed by atoms with Crippen molar-refractivity contribution >= 4 is 56.0 Å². The highest BCUT2D eigenvalue weighted by molar-refractivity contribution is 6.60. The van der Waals surface area contributed by atoms with Crippen LogP contribution in [0.1, 0.15) is 51.7 Å². The van der Waals surface area contributed by atoms with E-state index in [1.54, 1.807) is 0 Å². The van der Waals surface area contributed by atoms with E-state index >= 15 is 0 Å². The molecule has 2 unspecified atom stereocenters. The summed E-state index contributed by atoms with van der Waals surface area (Å²) in [4.78, 5) is 0. The van der Waals surface area contributed by atoms with Crippen molar-refractivity contribution in [2.24, 2.45) is 0 Å². The molecule has 0 fully saturated rings. The maximum absolute atomic E-state index is 4.54. The Morgan fingerprint density at radius 2 is 1.41 bits per heavy atom. The largest absolute Gasteiger partial charge is 0.197 e. The monoisotopic (exact) mass is 384 g/mol. The number of aromatic nitrogens is 6. The molecule has 2 N–H and O–H groups in total. The van der Waals surface area contributed by atoms with E-state index in [0.717, 1.165) is 47.7 Å². The van der Waals surface area contributed by atoms with Gasteiger partial charge in [-0.05, 0) is 21.8 Å². The van der Waals surface area contributed by atoms with Crippen molar-refractivity contribution in [2.45, 2.75) is 51.2 Å². The topological polar surface area (TPSA) is 83.1 Å². The van der Waals surface area contributed by atoms with Crippen molar-refractivity contribution in [1.82, 2.24) is 30.8 Å². The third kappa shape index (κ3) is 3.16. The molecule has 6 nitrogen and oxygen atoms in total. The van der Waals surface area contributed by atoms with Crippen molar-refractivity contribution in [3.63, 3.8) is 0 Å². The van der Waals surface area contributed by atoms with E-state index < -0.39 is 0 Å². The maximum atomic E-state index is 4.54. The Morgan fingerprint density at radius 1 is 0.828 bits per heavy atom. The standard InChI is InChI=1S/C20H27B3N6/c1-5-19(3,22)11-8-10-14(18-15(11)24-29-27-18)23-20(4,6-2)12-7-9-13(21)17-16(12)25-28-26-17/h7-10,23H,5-6,21-22H2,1-4H3,(H,24,27,29)(H,25,26,28). The van der Waals surface area contributed by atoms with E-state index in [1.165, 1.54) is 16.6 Å². The fourth-order valence-electron chi connectivity index (χ4n) is 4.24. The second kappa shape index (κ2) is 7.04. The molecule has 29 heavy (non-hydrogen) atoms. The zero-order chi connectivity index (χ0) is 20.8. The van der Waals surface area contributed by atoms with E-state index in [-0.39, 0.29) is 10.6 Å². The summed E-state index contributed by atoms with van der Waals surface area (Å²) >= 11 is 0. The number of fused-ring (bicyclic) bond motifs is 2. The minimum absolute atomic E-state index is 0.0611.